The van der Waals surface area contributed by atoms with E-state index in [0.717, 1.165) is 37.8 Å². The Kier molecular flexibility index (Phi) is 10.5. The Morgan fingerprint density at radius 1 is 1.05 bits per heavy atom. The Morgan fingerprint density at radius 2 is 1.76 bits per heavy atom. The van der Waals surface area contributed by atoms with Crippen molar-refractivity contribution in [1.82, 2.24) is 9.80 Å². The number of methoxy groups -OCH3 is 1. The van der Waals surface area contributed by atoms with Crippen molar-refractivity contribution >= 4 is 18.0 Å². The summed E-state index contributed by atoms with van der Waals surface area (Å²) in [7, 11) is 1.64. The van der Waals surface area contributed by atoms with Gasteiger partial charge in [-0.05, 0) is 60.6 Å². The van der Waals surface area contributed by atoms with Gasteiger partial charge in [-0.2, -0.15) is 0 Å². The molecule has 1 atom stereocenters. The first kappa shape index (κ1) is 30.2. The van der Waals surface area contributed by atoms with E-state index in [-0.39, 0.29) is 31.0 Å². The van der Waals surface area contributed by atoms with Gasteiger partial charge >= 0.3 is 6.16 Å². The van der Waals surface area contributed by atoms with E-state index in [9.17, 15) is 9.59 Å². The highest BCUT2D eigenvalue weighted by Crippen LogP contribution is 2.35. The lowest BCUT2D eigenvalue weighted by Crippen LogP contribution is -2.33. The lowest BCUT2D eigenvalue weighted by atomic mass is 9.99. The van der Waals surface area contributed by atoms with Gasteiger partial charge in [-0.15, -0.1) is 0 Å². The third-order valence-electron chi connectivity index (χ3n) is 8.05. The van der Waals surface area contributed by atoms with Crippen molar-refractivity contribution in [2.75, 3.05) is 33.4 Å². The van der Waals surface area contributed by atoms with Crippen molar-refractivity contribution in [3.8, 4) is 17.2 Å². The number of rotatable bonds is 11. The molecular weight excluding hydrogens is 528 g/mol. The molecule has 2 N–H and O–H groups in total. The zero-order chi connectivity index (χ0) is 29.4. The van der Waals surface area contributed by atoms with Crippen LogP contribution in [0.2, 0.25) is 0 Å². The molecule has 2 heterocycles. The SMILES string of the molecule is COc1cc(CN(CC2CCCC2)[C@H](C)c2ccc3c(c2)CCO3)ccc1OCCN1C(=O)CCC1=O.O=C(O)O. The minimum atomic E-state index is -1.83. The fraction of sp³-hybridized carbons (Fsp3) is 0.516. The fourth-order valence-corrected chi connectivity index (χ4v) is 5.84. The molecule has 0 radical (unpaired) electrons. The third kappa shape index (κ3) is 8.13. The monoisotopic (exact) mass is 568 g/mol. The van der Waals surface area contributed by atoms with E-state index in [4.69, 9.17) is 29.2 Å². The number of carbonyl (C=O) groups excluding carboxylic acids is 2. The van der Waals surface area contributed by atoms with Crippen LogP contribution >= 0.6 is 0 Å². The van der Waals surface area contributed by atoms with Crippen LogP contribution in [-0.2, 0) is 22.6 Å². The molecular formula is C31H40N2O8. The van der Waals surface area contributed by atoms with Crippen LogP contribution in [0.5, 0.6) is 17.2 Å². The standard InChI is InChI=1S/C30H38N2O5.CH2O3/c1-21(24-8-10-26-25(18-24)13-15-36-26)31(19-22-5-3-4-6-22)20-23-7-9-27(28(17-23)35-2)37-16-14-32-29(33)11-12-30(32)34;2-1(3)4/h7-10,17-18,21-22H,3-6,11-16,19-20H2,1-2H3;(H2,2,3,4)/t21-;/m1./s1. The third-order valence-corrected chi connectivity index (χ3v) is 8.05. The maximum Gasteiger partial charge on any atom is 0.503 e. The maximum absolute atomic E-state index is 11.8. The number of carbonyl (C=O) groups is 3. The molecule has 0 spiro atoms. The Hall–Kier alpha value is -3.79. The predicted molar refractivity (Wildman–Crippen MR) is 152 cm³/mol. The van der Waals surface area contributed by atoms with Crippen molar-refractivity contribution in [1.29, 1.82) is 0 Å². The average Bonchev–Trinajstić information content (AvgIpc) is 3.71. The predicted octanol–water partition coefficient (Wildman–Crippen LogP) is 5.13. The van der Waals surface area contributed by atoms with Crippen LogP contribution in [0.15, 0.2) is 36.4 Å². The summed E-state index contributed by atoms with van der Waals surface area (Å²) >= 11 is 0. The van der Waals surface area contributed by atoms with Gasteiger partial charge in [0, 0.05) is 38.4 Å². The number of amides is 2. The molecule has 0 bridgehead atoms. The highest BCUT2D eigenvalue weighted by atomic mass is 16.6. The van der Waals surface area contributed by atoms with Gasteiger partial charge in [0.05, 0.1) is 20.3 Å². The van der Waals surface area contributed by atoms with E-state index in [2.05, 4.69) is 36.1 Å². The van der Waals surface area contributed by atoms with Gasteiger partial charge in [0.1, 0.15) is 12.4 Å². The number of likely N-dealkylation sites (tertiary alicyclic amines) is 1. The molecule has 3 aliphatic rings. The molecule has 2 amide bonds. The lowest BCUT2D eigenvalue weighted by Gasteiger charge is -2.32. The number of ether oxygens (including phenoxy) is 3. The summed E-state index contributed by atoms with van der Waals surface area (Å²) in [4.78, 5) is 36.1. The second kappa shape index (κ2) is 14.2. The topological polar surface area (TPSA) is 126 Å². The molecule has 2 fully saturated rings. The van der Waals surface area contributed by atoms with Crippen LogP contribution in [0.4, 0.5) is 4.79 Å². The summed E-state index contributed by atoms with van der Waals surface area (Å²) in [5.74, 6) is 2.81. The molecule has 1 aliphatic carbocycles. The fourth-order valence-electron chi connectivity index (χ4n) is 5.84. The van der Waals surface area contributed by atoms with E-state index < -0.39 is 6.16 Å². The molecule has 1 saturated heterocycles. The maximum atomic E-state index is 11.8. The first-order valence-electron chi connectivity index (χ1n) is 14.3. The van der Waals surface area contributed by atoms with Crippen LogP contribution in [0.25, 0.3) is 0 Å². The first-order chi connectivity index (χ1) is 19.7. The molecule has 222 valence electrons. The van der Waals surface area contributed by atoms with Crippen molar-refractivity contribution in [2.45, 2.75) is 64.5 Å². The Bertz CT molecular complexity index is 1210. The summed E-state index contributed by atoms with van der Waals surface area (Å²) in [5.41, 5.74) is 3.81. The van der Waals surface area contributed by atoms with E-state index in [1.165, 1.54) is 47.3 Å². The highest BCUT2D eigenvalue weighted by Gasteiger charge is 2.29. The summed E-state index contributed by atoms with van der Waals surface area (Å²) in [6.45, 7) is 5.49. The van der Waals surface area contributed by atoms with E-state index in [1.807, 2.05) is 12.1 Å². The van der Waals surface area contributed by atoms with Gasteiger partial charge in [0.25, 0.3) is 0 Å². The molecule has 2 aromatic rings. The van der Waals surface area contributed by atoms with Crippen LogP contribution in [-0.4, -0.2) is 71.4 Å². The summed E-state index contributed by atoms with van der Waals surface area (Å²) < 4.78 is 17.3. The molecule has 1 saturated carbocycles. The quantitative estimate of drug-likeness (QED) is 0.355. The van der Waals surface area contributed by atoms with Gasteiger partial charge in [-0.1, -0.05) is 31.0 Å². The number of imide groups is 1. The average molecular weight is 569 g/mol. The molecule has 41 heavy (non-hydrogen) atoms. The zero-order valence-corrected chi connectivity index (χ0v) is 23.8. The Balaban J connectivity index is 0.000000909. The van der Waals surface area contributed by atoms with Crippen LogP contribution < -0.4 is 14.2 Å². The Morgan fingerprint density at radius 3 is 2.44 bits per heavy atom. The van der Waals surface area contributed by atoms with Gasteiger partial charge in [0.15, 0.2) is 11.5 Å². The second-order valence-corrected chi connectivity index (χ2v) is 10.8. The second-order valence-electron chi connectivity index (χ2n) is 10.8. The highest BCUT2D eigenvalue weighted by molar-refractivity contribution is 6.01. The van der Waals surface area contributed by atoms with Crippen molar-refractivity contribution in [3.63, 3.8) is 0 Å². The Labute approximate surface area is 240 Å². The molecule has 0 unspecified atom stereocenters. The molecule has 2 aliphatic heterocycles. The van der Waals surface area contributed by atoms with Crippen LogP contribution in [0.3, 0.4) is 0 Å². The number of hydrogen-bond donors (Lipinski definition) is 2. The van der Waals surface area contributed by atoms with Crippen LogP contribution in [0, 0.1) is 5.92 Å². The van der Waals surface area contributed by atoms with E-state index >= 15 is 0 Å². The van der Waals surface area contributed by atoms with Crippen molar-refractivity contribution in [2.24, 2.45) is 5.92 Å². The number of hydrogen-bond acceptors (Lipinski definition) is 7. The minimum Gasteiger partial charge on any atom is -0.493 e. The summed E-state index contributed by atoms with van der Waals surface area (Å²) in [6.07, 6.45) is 5.02. The smallest absolute Gasteiger partial charge is 0.493 e. The van der Waals surface area contributed by atoms with Crippen LogP contribution in [0.1, 0.15) is 68.2 Å². The van der Waals surface area contributed by atoms with Gasteiger partial charge in [-0.25, -0.2) is 4.79 Å². The first-order valence-corrected chi connectivity index (χ1v) is 14.3. The molecule has 2 aromatic carbocycles. The number of carboxylic acid groups (broad SMARTS) is 2. The van der Waals surface area contributed by atoms with Gasteiger partial charge in [0.2, 0.25) is 11.8 Å². The number of nitrogens with zero attached hydrogens (tertiary/aromatic N) is 2. The number of benzene rings is 2. The largest absolute Gasteiger partial charge is 0.503 e. The minimum absolute atomic E-state index is 0.122. The molecule has 10 nitrogen and oxygen atoms in total. The van der Waals surface area contributed by atoms with Gasteiger partial charge in [-0.3, -0.25) is 19.4 Å². The van der Waals surface area contributed by atoms with Crippen molar-refractivity contribution in [3.05, 3.63) is 53.1 Å². The van der Waals surface area contributed by atoms with E-state index in [1.54, 1.807) is 7.11 Å². The number of fused-ring (bicyclic) bond motifs is 1. The molecule has 5 rings (SSSR count). The lowest BCUT2D eigenvalue weighted by molar-refractivity contribution is -0.138. The molecule has 0 aromatic heterocycles. The summed E-state index contributed by atoms with van der Waals surface area (Å²) in [6, 6.07) is 13.0. The van der Waals surface area contributed by atoms with E-state index in [0.29, 0.717) is 24.3 Å². The summed E-state index contributed by atoms with van der Waals surface area (Å²) in [5, 5.41) is 13.9. The molecule has 10 heteroatoms. The normalized spacial score (nSPS) is 17.2. The van der Waals surface area contributed by atoms with Crippen molar-refractivity contribution < 1.29 is 38.8 Å². The zero-order valence-electron chi connectivity index (χ0n) is 23.8. The van der Waals surface area contributed by atoms with Gasteiger partial charge < -0.3 is 24.4 Å².